The second-order valence-corrected chi connectivity index (χ2v) is 7.17. The minimum atomic E-state index is -0.146. The normalized spacial score (nSPS) is 12.5. The topological polar surface area (TPSA) is 32.3 Å². The summed E-state index contributed by atoms with van der Waals surface area (Å²) in [5, 5.41) is 6.90. The number of fused-ring (bicyclic) bond motifs is 1. The molecule has 1 atom stereocenters. The first-order valence-electron chi connectivity index (χ1n) is 7.73. The average Bonchev–Trinajstić information content (AvgIpc) is 2.99. The molecule has 124 valence electrons. The van der Waals surface area contributed by atoms with Crippen LogP contribution in [0.4, 0.5) is 0 Å². The van der Waals surface area contributed by atoms with E-state index >= 15 is 0 Å². The van der Waals surface area contributed by atoms with Gasteiger partial charge >= 0.3 is 0 Å². The third kappa shape index (κ3) is 3.46. The van der Waals surface area contributed by atoms with Crippen LogP contribution >= 0.6 is 22.9 Å². The van der Waals surface area contributed by atoms with Crippen molar-refractivity contribution in [2.75, 3.05) is 20.6 Å². The SMILES string of the molecule is CN(C)[C@H](CNC(=O)c1ccccc1Cl)c1csc2ccccc12. The maximum absolute atomic E-state index is 12.4. The van der Waals surface area contributed by atoms with Gasteiger partial charge in [0.15, 0.2) is 0 Å². The Morgan fingerprint density at radius 2 is 1.88 bits per heavy atom. The van der Waals surface area contributed by atoms with Gasteiger partial charge in [0.2, 0.25) is 0 Å². The number of carbonyl (C=O) groups excluding carboxylic acids is 1. The Morgan fingerprint density at radius 3 is 2.62 bits per heavy atom. The third-order valence-corrected chi connectivity index (χ3v) is 5.38. The summed E-state index contributed by atoms with van der Waals surface area (Å²) in [5.74, 6) is -0.146. The second kappa shape index (κ2) is 7.34. The maximum atomic E-state index is 12.4. The van der Waals surface area contributed by atoms with Crippen LogP contribution in [-0.4, -0.2) is 31.4 Å². The minimum Gasteiger partial charge on any atom is -0.350 e. The highest BCUT2D eigenvalue weighted by Gasteiger charge is 2.19. The monoisotopic (exact) mass is 358 g/mol. The predicted molar refractivity (Wildman–Crippen MR) is 102 cm³/mol. The molecule has 2 aromatic carbocycles. The Labute approximate surface area is 150 Å². The van der Waals surface area contributed by atoms with E-state index in [1.807, 2.05) is 38.4 Å². The molecule has 3 rings (SSSR count). The van der Waals surface area contributed by atoms with Gasteiger partial charge in [-0.05, 0) is 48.6 Å². The summed E-state index contributed by atoms with van der Waals surface area (Å²) in [7, 11) is 4.05. The van der Waals surface area contributed by atoms with Gasteiger partial charge < -0.3 is 10.2 Å². The number of hydrogen-bond donors (Lipinski definition) is 1. The van der Waals surface area contributed by atoms with Crippen LogP contribution in [0.25, 0.3) is 10.1 Å². The lowest BCUT2D eigenvalue weighted by Crippen LogP contribution is -2.34. The first-order chi connectivity index (χ1) is 11.6. The molecule has 1 N–H and O–H groups in total. The molecule has 0 aliphatic heterocycles. The quantitative estimate of drug-likeness (QED) is 0.723. The van der Waals surface area contributed by atoms with Crippen LogP contribution in [0.15, 0.2) is 53.9 Å². The fourth-order valence-electron chi connectivity index (χ4n) is 2.76. The van der Waals surface area contributed by atoms with Crippen LogP contribution in [0.1, 0.15) is 22.0 Å². The van der Waals surface area contributed by atoms with Crippen LogP contribution in [0, 0.1) is 0 Å². The van der Waals surface area contributed by atoms with Gasteiger partial charge in [0.05, 0.1) is 16.6 Å². The van der Waals surface area contributed by atoms with Gasteiger partial charge in [-0.15, -0.1) is 11.3 Å². The van der Waals surface area contributed by atoms with Crippen molar-refractivity contribution < 1.29 is 4.79 Å². The van der Waals surface area contributed by atoms with Gasteiger partial charge in [0, 0.05) is 11.2 Å². The van der Waals surface area contributed by atoms with Crippen molar-refractivity contribution in [3.05, 3.63) is 70.1 Å². The van der Waals surface area contributed by atoms with E-state index in [1.54, 1.807) is 23.5 Å². The first-order valence-corrected chi connectivity index (χ1v) is 8.99. The molecule has 0 spiro atoms. The largest absolute Gasteiger partial charge is 0.350 e. The van der Waals surface area contributed by atoms with Gasteiger partial charge in [-0.3, -0.25) is 4.79 Å². The molecule has 1 aromatic heterocycles. The number of benzene rings is 2. The Kier molecular flexibility index (Phi) is 5.19. The molecule has 24 heavy (non-hydrogen) atoms. The molecule has 0 fully saturated rings. The highest BCUT2D eigenvalue weighted by Crippen LogP contribution is 2.32. The van der Waals surface area contributed by atoms with Crippen LogP contribution in [0.3, 0.4) is 0 Å². The van der Waals surface area contributed by atoms with E-state index in [-0.39, 0.29) is 11.9 Å². The number of nitrogens with one attached hydrogen (secondary N) is 1. The predicted octanol–water partition coefficient (Wildman–Crippen LogP) is 4.59. The van der Waals surface area contributed by atoms with Crippen LogP contribution < -0.4 is 5.32 Å². The Bertz CT molecular complexity index is 859. The van der Waals surface area contributed by atoms with Crippen molar-refractivity contribution in [1.82, 2.24) is 10.2 Å². The van der Waals surface area contributed by atoms with Crippen molar-refractivity contribution in [1.29, 1.82) is 0 Å². The molecule has 5 heteroatoms. The lowest BCUT2D eigenvalue weighted by molar-refractivity contribution is 0.0942. The number of hydrogen-bond acceptors (Lipinski definition) is 3. The smallest absolute Gasteiger partial charge is 0.252 e. The summed E-state index contributed by atoms with van der Waals surface area (Å²) in [6, 6.07) is 15.6. The molecule has 3 aromatic rings. The van der Waals surface area contributed by atoms with Gasteiger partial charge in [0.1, 0.15) is 0 Å². The lowest BCUT2D eigenvalue weighted by atomic mass is 10.0. The molecule has 0 saturated carbocycles. The van der Waals surface area contributed by atoms with E-state index in [1.165, 1.54) is 15.6 Å². The van der Waals surface area contributed by atoms with Crippen LogP contribution in [-0.2, 0) is 0 Å². The Morgan fingerprint density at radius 1 is 1.17 bits per heavy atom. The second-order valence-electron chi connectivity index (χ2n) is 5.86. The van der Waals surface area contributed by atoms with Crippen molar-refractivity contribution in [2.45, 2.75) is 6.04 Å². The average molecular weight is 359 g/mol. The standard InChI is InChI=1S/C19H19ClN2OS/c1-22(2)17(15-12-24-18-10-6-4-7-13(15)18)11-21-19(23)14-8-3-5-9-16(14)20/h3-10,12,17H,11H2,1-2H3,(H,21,23)/t17-/m1/s1. The van der Waals surface area contributed by atoms with Crippen LogP contribution in [0.2, 0.25) is 5.02 Å². The first kappa shape index (κ1) is 17.0. The van der Waals surface area contributed by atoms with E-state index < -0.39 is 0 Å². The maximum Gasteiger partial charge on any atom is 0.252 e. The molecule has 0 saturated heterocycles. The summed E-state index contributed by atoms with van der Waals surface area (Å²) in [5.41, 5.74) is 1.74. The molecule has 0 aliphatic rings. The number of amides is 1. The number of nitrogens with zero attached hydrogens (tertiary/aromatic N) is 1. The molecule has 1 heterocycles. The molecule has 0 unspecified atom stereocenters. The zero-order chi connectivity index (χ0) is 17.1. The van der Waals surface area contributed by atoms with E-state index in [0.717, 1.165) is 0 Å². The molecule has 1 amide bonds. The van der Waals surface area contributed by atoms with Crippen LogP contribution in [0.5, 0.6) is 0 Å². The lowest BCUT2D eigenvalue weighted by Gasteiger charge is -2.24. The van der Waals surface area contributed by atoms with Gasteiger partial charge in [-0.2, -0.15) is 0 Å². The fourth-order valence-corrected chi connectivity index (χ4v) is 3.99. The number of likely N-dealkylation sites (N-methyl/N-ethyl adjacent to an activating group) is 1. The van der Waals surface area contributed by atoms with Crippen molar-refractivity contribution >= 4 is 38.9 Å². The minimum absolute atomic E-state index is 0.104. The van der Waals surface area contributed by atoms with E-state index in [0.29, 0.717) is 17.1 Å². The van der Waals surface area contributed by atoms with Crippen molar-refractivity contribution in [2.24, 2.45) is 0 Å². The van der Waals surface area contributed by atoms with E-state index in [9.17, 15) is 4.79 Å². The molecular weight excluding hydrogens is 340 g/mol. The number of carbonyl (C=O) groups is 1. The molecule has 0 aliphatic carbocycles. The Balaban J connectivity index is 1.80. The van der Waals surface area contributed by atoms with Gasteiger partial charge in [0.25, 0.3) is 5.91 Å². The zero-order valence-corrected chi connectivity index (χ0v) is 15.2. The van der Waals surface area contributed by atoms with Gasteiger partial charge in [-0.1, -0.05) is 41.9 Å². The molecular formula is C19H19ClN2OS. The number of rotatable bonds is 5. The number of halogens is 1. The van der Waals surface area contributed by atoms with Gasteiger partial charge in [-0.25, -0.2) is 0 Å². The summed E-state index contributed by atoms with van der Waals surface area (Å²) in [6.45, 7) is 0.526. The molecule has 0 bridgehead atoms. The zero-order valence-electron chi connectivity index (χ0n) is 13.6. The summed E-state index contributed by atoms with van der Waals surface area (Å²) in [6.07, 6.45) is 0. The van der Waals surface area contributed by atoms with Crippen molar-refractivity contribution in [3.63, 3.8) is 0 Å². The summed E-state index contributed by atoms with van der Waals surface area (Å²) < 4.78 is 1.26. The fraction of sp³-hybridized carbons (Fsp3) is 0.211. The third-order valence-electron chi connectivity index (χ3n) is 4.07. The van der Waals surface area contributed by atoms with E-state index in [2.05, 4.69) is 27.7 Å². The highest BCUT2D eigenvalue weighted by atomic mass is 35.5. The highest BCUT2D eigenvalue weighted by molar-refractivity contribution is 7.17. The molecule has 3 nitrogen and oxygen atoms in total. The Hall–Kier alpha value is -1.88. The van der Waals surface area contributed by atoms with Crippen molar-refractivity contribution in [3.8, 4) is 0 Å². The van der Waals surface area contributed by atoms with E-state index in [4.69, 9.17) is 11.6 Å². The summed E-state index contributed by atoms with van der Waals surface area (Å²) >= 11 is 7.84. The number of thiophene rings is 1. The molecule has 0 radical (unpaired) electrons. The summed E-state index contributed by atoms with van der Waals surface area (Å²) in [4.78, 5) is 14.5.